The molecule has 1 heterocycles. The van der Waals surface area contributed by atoms with E-state index in [0.29, 0.717) is 18.5 Å². The summed E-state index contributed by atoms with van der Waals surface area (Å²) < 4.78 is 28.0. The number of halogens is 2. The van der Waals surface area contributed by atoms with Gasteiger partial charge in [-0.3, -0.25) is 4.79 Å². The monoisotopic (exact) mass is 363 g/mol. The average molecular weight is 363 g/mol. The molecule has 140 valence electrons. The predicted octanol–water partition coefficient (Wildman–Crippen LogP) is 3.87. The van der Waals surface area contributed by atoms with E-state index in [1.54, 1.807) is 25.2 Å². The molecular weight excluding hydrogens is 340 g/mol. The third-order valence-corrected chi connectivity index (χ3v) is 5.21. The second-order valence-electron chi connectivity index (χ2n) is 7.08. The van der Waals surface area contributed by atoms with Crippen molar-refractivity contribution in [2.45, 2.75) is 44.6 Å². The first-order chi connectivity index (χ1) is 12.2. The highest BCUT2D eigenvalue weighted by molar-refractivity contribution is 5.92. The van der Waals surface area contributed by atoms with E-state index in [1.165, 1.54) is 10.6 Å². The number of carbonyl (C=O) groups is 1. The Morgan fingerprint density at radius 3 is 2.58 bits per heavy atom. The third-order valence-electron chi connectivity index (χ3n) is 5.21. The van der Waals surface area contributed by atoms with E-state index in [-0.39, 0.29) is 36.4 Å². The Bertz CT molecular complexity index is 869. The standard InChI is InChI=1S/C19H23F2N3O2/c1-12(13-7-9-19(20,21)10-8-13)22-18(26)23-15-5-3-14-4-6-17(25)24(2)16(14)11-15/h3-6,11-13H,7-10H2,1-2H3,(H2,22,23,26). The first kappa shape index (κ1) is 18.4. The van der Waals surface area contributed by atoms with Gasteiger partial charge < -0.3 is 15.2 Å². The molecule has 0 aliphatic heterocycles. The second kappa shape index (κ2) is 7.05. The quantitative estimate of drug-likeness (QED) is 0.869. The molecule has 0 bridgehead atoms. The summed E-state index contributed by atoms with van der Waals surface area (Å²) >= 11 is 0. The summed E-state index contributed by atoms with van der Waals surface area (Å²) in [5.41, 5.74) is 1.17. The molecule has 1 aromatic carbocycles. The minimum atomic E-state index is -2.57. The Morgan fingerprint density at radius 2 is 1.88 bits per heavy atom. The van der Waals surface area contributed by atoms with Crippen molar-refractivity contribution in [1.29, 1.82) is 0 Å². The summed E-state index contributed by atoms with van der Waals surface area (Å²) in [5, 5.41) is 6.49. The summed E-state index contributed by atoms with van der Waals surface area (Å²) in [5.74, 6) is -2.52. The SMILES string of the molecule is CC(NC(=O)Nc1ccc2ccc(=O)n(C)c2c1)C1CCC(F)(F)CC1. The molecular formula is C19H23F2N3O2. The van der Waals surface area contributed by atoms with E-state index in [0.717, 1.165) is 10.9 Å². The summed E-state index contributed by atoms with van der Waals surface area (Å²) in [4.78, 5) is 24.0. The molecule has 26 heavy (non-hydrogen) atoms. The van der Waals surface area contributed by atoms with Crippen LogP contribution in [0.4, 0.5) is 19.3 Å². The molecule has 2 N–H and O–H groups in total. The van der Waals surface area contributed by atoms with Gasteiger partial charge in [0, 0.05) is 37.7 Å². The lowest BCUT2D eigenvalue weighted by Gasteiger charge is -2.32. The molecule has 1 atom stereocenters. The molecule has 0 saturated heterocycles. The normalized spacial score (nSPS) is 18.5. The Morgan fingerprint density at radius 1 is 1.23 bits per heavy atom. The van der Waals surface area contributed by atoms with Crippen LogP contribution in [0.15, 0.2) is 35.1 Å². The average Bonchev–Trinajstić information content (AvgIpc) is 2.58. The molecule has 1 aliphatic rings. The number of hydrogen-bond acceptors (Lipinski definition) is 2. The zero-order chi connectivity index (χ0) is 18.9. The highest BCUT2D eigenvalue weighted by Gasteiger charge is 2.36. The number of nitrogens with zero attached hydrogens (tertiary/aromatic N) is 1. The van der Waals surface area contributed by atoms with Crippen LogP contribution in [0.25, 0.3) is 10.9 Å². The fourth-order valence-electron chi connectivity index (χ4n) is 3.50. The molecule has 1 fully saturated rings. The molecule has 2 aromatic rings. The predicted molar refractivity (Wildman–Crippen MR) is 97.7 cm³/mol. The molecule has 5 nitrogen and oxygen atoms in total. The number of fused-ring (bicyclic) bond motifs is 1. The van der Waals surface area contributed by atoms with E-state index in [2.05, 4.69) is 10.6 Å². The summed E-state index contributed by atoms with van der Waals surface area (Å²) in [7, 11) is 1.68. The zero-order valence-corrected chi connectivity index (χ0v) is 14.9. The minimum absolute atomic E-state index is 0.0535. The number of pyridine rings is 1. The highest BCUT2D eigenvalue weighted by Crippen LogP contribution is 2.37. The number of alkyl halides is 2. The Kier molecular flexibility index (Phi) is 4.98. The third kappa shape index (κ3) is 4.03. The van der Waals surface area contributed by atoms with Crippen LogP contribution < -0.4 is 16.2 Å². The van der Waals surface area contributed by atoms with Crippen molar-refractivity contribution in [3.05, 3.63) is 40.7 Å². The number of aromatic nitrogens is 1. The highest BCUT2D eigenvalue weighted by atomic mass is 19.3. The summed E-state index contributed by atoms with van der Waals surface area (Å²) in [6, 6.07) is 8.00. The largest absolute Gasteiger partial charge is 0.335 e. The molecule has 1 aliphatic carbocycles. The summed E-state index contributed by atoms with van der Waals surface area (Å²) in [6.45, 7) is 1.85. The number of carbonyl (C=O) groups excluding carboxylic acids is 1. The first-order valence-electron chi connectivity index (χ1n) is 8.80. The molecule has 1 saturated carbocycles. The van der Waals surface area contributed by atoms with Crippen molar-refractivity contribution in [3.63, 3.8) is 0 Å². The van der Waals surface area contributed by atoms with E-state index < -0.39 is 5.92 Å². The maximum atomic E-state index is 13.3. The molecule has 3 rings (SSSR count). The van der Waals surface area contributed by atoms with Gasteiger partial charge in [0.2, 0.25) is 5.92 Å². The van der Waals surface area contributed by atoms with Crippen LogP contribution >= 0.6 is 0 Å². The van der Waals surface area contributed by atoms with E-state index in [4.69, 9.17) is 0 Å². The first-order valence-corrected chi connectivity index (χ1v) is 8.80. The number of rotatable bonds is 3. The molecule has 1 unspecified atom stereocenters. The van der Waals surface area contributed by atoms with Gasteiger partial charge in [-0.05, 0) is 49.3 Å². The van der Waals surface area contributed by atoms with Crippen molar-refractivity contribution in [2.24, 2.45) is 13.0 Å². The van der Waals surface area contributed by atoms with Gasteiger partial charge in [0.1, 0.15) is 0 Å². The van der Waals surface area contributed by atoms with Crippen molar-refractivity contribution >= 4 is 22.6 Å². The van der Waals surface area contributed by atoms with Crippen molar-refractivity contribution in [2.75, 3.05) is 5.32 Å². The van der Waals surface area contributed by atoms with Gasteiger partial charge in [-0.25, -0.2) is 13.6 Å². The Hall–Kier alpha value is -2.44. The fourth-order valence-corrected chi connectivity index (χ4v) is 3.50. The van der Waals surface area contributed by atoms with Gasteiger partial charge in [-0.1, -0.05) is 6.07 Å². The van der Waals surface area contributed by atoms with Crippen molar-refractivity contribution in [3.8, 4) is 0 Å². The number of nitrogens with one attached hydrogen (secondary N) is 2. The lowest BCUT2D eigenvalue weighted by atomic mass is 9.83. The van der Waals surface area contributed by atoms with Crippen LogP contribution in [0.2, 0.25) is 0 Å². The minimum Gasteiger partial charge on any atom is -0.335 e. The van der Waals surface area contributed by atoms with Crippen LogP contribution in [0.1, 0.15) is 32.6 Å². The van der Waals surface area contributed by atoms with Crippen LogP contribution in [0.3, 0.4) is 0 Å². The smallest absolute Gasteiger partial charge is 0.319 e. The number of anilines is 1. The van der Waals surface area contributed by atoms with Crippen LogP contribution in [-0.4, -0.2) is 22.6 Å². The van der Waals surface area contributed by atoms with Crippen LogP contribution in [0, 0.1) is 5.92 Å². The van der Waals surface area contributed by atoms with Crippen LogP contribution in [0.5, 0.6) is 0 Å². The van der Waals surface area contributed by atoms with Gasteiger partial charge in [0.05, 0.1) is 5.52 Å². The lowest BCUT2D eigenvalue weighted by Crippen LogP contribution is -2.42. The van der Waals surface area contributed by atoms with E-state index in [9.17, 15) is 18.4 Å². The molecule has 0 radical (unpaired) electrons. The maximum absolute atomic E-state index is 13.3. The van der Waals surface area contributed by atoms with Gasteiger partial charge in [-0.15, -0.1) is 0 Å². The molecule has 7 heteroatoms. The number of benzene rings is 1. The zero-order valence-electron chi connectivity index (χ0n) is 14.9. The van der Waals surface area contributed by atoms with E-state index in [1.807, 2.05) is 13.0 Å². The van der Waals surface area contributed by atoms with Gasteiger partial charge >= 0.3 is 6.03 Å². The second-order valence-corrected chi connectivity index (χ2v) is 7.08. The number of amides is 2. The molecule has 0 spiro atoms. The number of aryl methyl sites for hydroxylation is 1. The maximum Gasteiger partial charge on any atom is 0.319 e. The van der Waals surface area contributed by atoms with Gasteiger partial charge in [0.15, 0.2) is 0 Å². The Balaban J connectivity index is 1.64. The lowest BCUT2D eigenvalue weighted by molar-refractivity contribution is -0.0483. The topological polar surface area (TPSA) is 63.1 Å². The summed E-state index contributed by atoms with van der Waals surface area (Å²) in [6.07, 6.45) is 0.576. The van der Waals surface area contributed by atoms with Crippen molar-refractivity contribution in [1.82, 2.24) is 9.88 Å². The fraction of sp³-hybridized carbons (Fsp3) is 0.474. The number of urea groups is 1. The molecule has 1 aromatic heterocycles. The van der Waals surface area contributed by atoms with Gasteiger partial charge in [0.25, 0.3) is 5.56 Å². The molecule has 2 amide bonds. The van der Waals surface area contributed by atoms with Crippen LogP contribution in [-0.2, 0) is 7.05 Å². The Labute approximate surface area is 150 Å². The number of hydrogen-bond donors (Lipinski definition) is 2. The van der Waals surface area contributed by atoms with E-state index >= 15 is 0 Å². The van der Waals surface area contributed by atoms with Crippen molar-refractivity contribution < 1.29 is 13.6 Å². The van der Waals surface area contributed by atoms with Gasteiger partial charge in [-0.2, -0.15) is 0 Å².